The molecule has 0 aliphatic rings. The van der Waals surface area contributed by atoms with E-state index in [-0.39, 0.29) is 12.4 Å². The summed E-state index contributed by atoms with van der Waals surface area (Å²) in [4.78, 5) is 27.6. The Morgan fingerprint density at radius 3 is 1.35 bits per heavy atom. The molecule has 0 aliphatic heterocycles. The second-order valence-electron chi connectivity index (χ2n) is 20.9. The lowest BCUT2D eigenvalue weighted by atomic mass is 10.1. The maximum atomic E-state index is 11.1. The maximum Gasteiger partial charge on any atom is 0.308 e. The number of aliphatic hydroxyl groups is 3. The van der Waals surface area contributed by atoms with Crippen LogP contribution < -0.4 is 47.2 Å². The van der Waals surface area contributed by atoms with Gasteiger partial charge < -0.3 is 51.7 Å². The zero-order valence-electron chi connectivity index (χ0n) is 56.5. The Morgan fingerprint density at radius 1 is 0.656 bits per heavy atom. The number of rotatable bonds is 22. The molecule has 22 nitrogen and oxygen atoms in total. The van der Waals surface area contributed by atoms with Gasteiger partial charge in [0.15, 0.2) is 21.2 Å². The van der Waals surface area contributed by atoms with Gasteiger partial charge in [-0.15, -0.1) is 34.2 Å². The van der Waals surface area contributed by atoms with E-state index in [0.29, 0.717) is 27.4 Å². The summed E-state index contributed by atoms with van der Waals surface area (Å²) in [5.74, 6) is 2.10. The van der Waals surface area contributed by atoms with Crippen LogP contribution in [0.2, 0.25) is 0 Å². The minimum absolute atomic E-state index is 0.0208. The van der Waals surface area contributed by atoms with Gasteiger partial charge in [-0.2, -0.15) is 0 Å². The number of halogens is 1. The fourth-order valence-electron chi connectivity index (χ4n) is 9.03. The summed E-state index contributed by atoms with van der Waals surface area (Å²) in [6.07, 6.45) is 5.18. The SMILES string of the molecule is C#CC(C)O.CCN(CC)c1ccc(NC(N)=S)c(C)c1.CCN(CC)c1ccc(Nc2nc(-c3ccc(-n4cc(C(C)O)nn4)cc3)cs2)c(C)c1.CCN(CC)c1ccc(Nc2nc(-c3ccc(N[N+]#N)cc3)cs2)c(C)c1.CCO.N#[N+]Nc1ccc(C(=O)CBr)cc1. The van der Waals surface area contributed by atoms with Gasteiger partial charge in [0.05, 0.1) is 34.7 Å². The van der Waals surface area contributed by atoms with Crippen LogP contribution in [0.4, 0.5) is 55.8 Å². The number of diazo groups is 2. The van der Waals surface area contributed by atoms with Crippen molar-refractivity contribution in [3.05, 3.63) is 182 Å². The number of aryl methyl sites for hydroxylation is 3. The molecule has 10 N–H and O–H groups in total. The Hall–Kier alpha value is -9.56. The highest BCUT2D eigenvalue weighted by atomic mass is 79.9. The molecule has 0 bridgehead atoms. The van der Waals surface area contributed by atoms with Crippen molar-refractivity contribution in [2.75, 3.05) is 92.7 Å². The molecule has 0 saturated heterocycles. The molecule has 0 amide bonds. The molecule has 2 atom stereocenters. The number of aromatic nitrogens is 5. The zero-order chi connectivity index (χ0) is 70.7. The lowest BCUT2D eigenvalue weighted by Gasteiger charge is -2.22. The third-order valence-electron chi connectivity index (χ3n) is 14.2. The number of hydrogen-bond acceptors (Lipinski definition) is 20. The predicted molar refractivity (Wildman–Crippen MR) is 407 cm³/mol. The Balaban J connectivity index is 0.000000275. The van der Waals surface area contributed by atoms with Crippen molar-refractivity contribution in [1.29, 1.82) is 10.8 Å². The molecule has 6 aromatic carbocycles. The fraction of sp³-hybridized carbons (Fsp3) is 0.314. The molecule has 9 aromatic rings. The lowest BCUT2D eigenvalue weighted by Crippen LogP contribution is -2.22. The standard InChI is InChI=1S/C24H28N6OS.C20H23N6S.C12H19N3S.C8H6BrN3O.C4H6O.C2H6O/c1-5-29(6-2)20-11-12-21(16(3)13-20)25-24-26-23(15-32-24)18-7-9-19(10-8-18)30-14-22(17(4)31)27-28-30;1-4-26(5-2)17-10-11-18(14(3)12-17)22-20-23-19(13-27-20)15-6-8-16(9-7-15)24-25-21;1-4-15(5-2)10-6-7-11(9(3)8-10)14-12(13)16;9-5-8(13)6-1-3-7(4-2-6)11-12-10;1-3-4(2)5;1-2-3/h7-15,17,31H,5-6H2,1-4H3,(H,25,26);6-13,24H,4-5H2,1-3H3,(H,22,23);6-8H,4-5H2,1-3H3,(H3,13,14,16);1-4H,5H2;1,4-5H,2H3;3H,2H2,1H3/q;+1;;;;/p+1. The Kier molecular flexibility index (Phi) is 34.5. The molecular formula is C70H89BrN18O4S3+2. The van der Waals surface area contributed by atoms with E-state index in [9.17, 15) is 9.90 Å². The number of anilines is 10. The van der Waals surface area contributed by atoms with Gasteiger partial charge in [-0.3, -0.25) is 4.79 Å². The number of nitrogens with one attached hydrogen (secondary N) is 5. The molecule has 0 radical (unpaired) electrons. The molecule has 3 heterocycles. The summed E-state index contributed by atoms with van der Waals surface area (Å²) in [6.45, 7) is 30.4. The van der Waals surface area contributed by atoms with Gasteiger partial charge in [-0.25, -0.2) is 14.6 Å². The van der Waals surface area contributed by atoms with E-state index in [1.54, 1.807) is 78.6 Å². The number of aliphatic hydroxyl groups excluding tert-OH is 3. The quantitative estimate of drug-likeness (QED) is 0.00761. The number of carbonyl (C=O) groups excluding carboxylic acids is 1. The van der Waals surface area contributed by atoms with Crippen LogP contribution in [0.5, 0.6) is 0 Å². The van der Waals surface area contributed by atoms with Crippen LogP contribution in [0.15, 0.2) is 144 Å². The Morgan fingerprint density at radius 2 is 1.03 bits per heavy atom. The van der Waals surface area contributed by atoms with Gasteiger partial charge in [0.1, 0.15) is 23.2 Å². The number of Topliss-reactive ketones (excluding diaryl/α,β-unsaturated/α-hetero) is 1. The normalized spacial score (nSPS) is 10.6. The first-order valence-corrected chi connectivity index (χ1v) is 34.5. The van der Waals surface area contributed by atoms with Gasteiger partial charge in [0.2, 0.25) is 0 Å². The van der Waals surface area contributed by atoms with E-state index in [2.05, 4.69) is 205 Å². The van der Waals surface area contributed by atoms with Crippen molar-refractivity contribution >= 4 is 117 Å². The van der Waals surface area contributed by atoms with Gasteiger partial charge in [0.25, 0.3) is 10.8 Å². The Bertz CT molecular complexity index is 3940. The van der Waals surface area contributed by atoms with Crippen LogP contribution in [0.3, 0.4) is 0 Å². The monoisotopic (exact) mass is 1420 g/mol. The largest absolute Gasteiger partial charge is 0.397 e. The first-order chi connectivity index (χ1) is 46.2. The van der Waals surface area contributed by atoms with E-state index < -0.39 is 12.2 Å². The number of benzene rings is 6. The van der Waals surface area contributed by atoms with Crippen molar-refractivity contribution in [2.45, 2.75) is 95.3 Å². The van der Waals surface area contributed by atoms with Crippen molar-refractivity contribution in [2.24, 2.45) is 5.73 Å². The third-order valence-corrected chi connectivity index (χ3v) is 16.4. The zero-order valence-corrected chi connectivity index (χ0v) is 60.6. The van der Waals surface area contributed by atoms with E-state index in [0.717, 1.165) is 106 Å². The topological polar surface area (TPSA) is 286 Å². The van der Waals surface area contributed by atoms with Crippen LogP contribution >= 0.6 is 50.8 Å². The first kappa shape index (κ1) is 78.9. The molecular weight excluding hydrogens is 1330 g/mol. The summed E-state index contributed by atoms with van der Waals surface area (Å²) in [5.41, 5.74) is 27.9. The number of thiazole rings is 2. The van der Waals surface area contributed by atoms with E-state index >= 15 is 0 Å². The first-order valence-electron chi connectivity index (χ1n) is 31.2. The summed E-state index contributed by atoms with van der Waals surface area (Å²) < 4.78 is 1.66. The van der Waals surface area contributed by atoms with Gasteiger partial charge in [0, 0.05) is 107 Å². The van der Waals surface area contributed by atoms with Crippen LogP contribution in [-0.4, -0.2) is 108 Å². The van der Waals surface area contributed by atoms with Gasteiger partial charge in [-0.05, 0) is 226 Å². The van der Waals surface area contributed by atoms with Crippen molar-refractivity contribution < 1.29 is 20.1 Å². The highest BCUT2D eigenvalue weighted by Gasteiger charge is 2.14. The van der Waals surface area contributed by atoms with Crippen LogP contribution in [0.25, 0.3) is 38.4 Å². The number of terminal acetylenes is 1. The molecule has 0 saturated carbocycles. The third kappa shape index (κ3) is 25.3. The van der Waals surface area contributed by atoms with E-state index in [4.69, 9.17) is 43.9 Å². The average molecular weight is 1420 g/mol. The van der Waals surface area contributed by atoms with E-state index in [1.807, 2.05) is 66.9 Å². The molecule has 96 heavy (non-hydrogen) atoms. The predicted octanol–water partition coefficient (Wildman–Crippen LogP) is 16.2. The number of carbonyl (C=O) groups is 1. The second kappa shape index (κ2) is 42.0. The number of ketones is 1. The van der Waals surface area contributed by atoms with Crippen LogP contribution in [0.1, 0.15) is 101 Å². The highest BCUT2D eigenvalue weighted by Crippen LogP contribution is 2.33. The van der Waals surface area contributed by atoms with Crippen molar-refractivity contribution in [3.63, 3.8) is 0 Å². The van der Waals surface area contributed by atoms with Gasteiger partial charge >= 0.3 is 10.2 Å². The minimum Gasteiger partial charge on any atom is -0.397 e. The van der Waals surface area contributed by atoms with Crippen LogP contribution in [-0.2, 0) is 0 Å². The lowest BCUT2D eigenvalue weighted by molar-refractivity contribution is 0.102. The summed E-state index contributed by atoms with van der Waals surface area (Å²) in [5, 5.41) is 72.1. The second-order valence-corrected chi connectivity index (χ2v) is 23.7. The minimum atomic E-state index is -0.638. The highest BCUT2D eigenvalue weighted by molar-refractivity contribution is 9.09. The average Bonchev–Trinajstić information content (AvgIpc) is 1.70. The molecule has 0 spiro atoms. The molecule has 506 valence electrons. The van der Waals surface area contributed by atoms with Gasteiger partial charge in [-0.1, -0.05) is 51.3 Å². The summed E-state index contributed by atoms with van der Waals surface area (Å²) in [7, 11) is 0. The van der Waals surface area contributed by atoms with E-state index in [1.165, 1.54) is 28.2 Å². The number of thiocarbonyl (C=S) groups is 1. The Labute approximate surface area is 586 Å². The molecule has 0 fully saturated rings. The van der Waals surface area contributed by atoms with Crippen LogP contribution in [0, 0.1) is 43.9 Å². The van der Waals surface area contributed by atoms with Crippen molar-refractivity contribution in [3.8, 4) is 40.5 Å². The molecule has 2 unspecified atom stereocenters. The smallest absolute Gasteiger partial charge is 0.308 e. The fourth-order valence-corrected chi connectivity index (χ4v) is 10.9. The molecule has 26 heteroatoms. The maximum absolute atomic E-state index is 11.1. The van der Waals surface area contributed by atoms with Crippen molar-refractivity contribution in [1.82, 2.24) is 25.0 Å². The number of nitrogens with two attached hydrogens (primary N) is 1. The molecule has 0 aliphatic carbocycles. The number of nitrogens with zero attached hydrogens (tertiary/aromatic N) is 12. The molecule has 3 aromatic heterocycles. The summed E-state index contributed by atoms with van der Waals surface area (Å²) in [6, 6.07) is 41.4. The molecule has 9 rings (SSSR count). The number of alkyl halides is 1. The number of hydrogen-bond donors (Lipinski definition) is 9. The summed E-state index contributed by atoms with van der Waals surface area (Å²) >= 11 is 11.1.